The molecule has 0 heterocycles. The Bertz CT molecular complexity index is 293. The zero-order valence-corrected chi connectivity index (χ0v) is 15.1. The molecule has 108 valence electrons. The molecule has 0 unspecified atom stereocenters. The van der Waals surface area contributed by atoms with Gasteiger partial charge in [-0.15, -0.1) is 0 Å². The fraction of sp³-hybridized carbons (Fsp3) is 0.588. The molecule has 20 heavy (non-hydrogen) atoms. The molecule has 0 rings (SSSR count). The fourth-order valence-electron chi connectivity index (χ4n) is 1.65. The number of carboxylic acid groups (broad SMARTS) is 1. The van der Waals surface area contributed by atoms with Gasteiger partial charge in [-0.3, -0.25) is 0 Å². The Labute approximate surface area is 146 Å². The fourth-order valence-corrected chi connectivity index (χ4v) is 1.65. The summed E-state index contributed by atoms with van der Waals surface area (Å²) in [6, 6.07) is 0. The number of unbranched alkanes of at least 4 members (excludes halogenated alkanes) is 4. The standard InChI is InChI=1S/C17H28O2.Na/c1-2-3-4-5-6-7-8-9-10-11-12-13-14-15-16-17(18)19;/h6-7,9-10,12-13H,2-5,8,11,14-16H2,1H3,(H,18,19);/q;+1/p-1/b7-6-,10-9-,13-12-;. The molecule has 0 N–H and O–H groups in total. The number of hydrogen-bond donors (Lipinski definition) is 0. The van der Waals surface area contributed by atoms with Gasteiger partial charge < -0.3 is 9.90 Å². The summed E-state index contributed by atoms with van der Waals surface area (Å²) in [5.74, 6) is -0.959. The van der Waals surface area contributed by atoms with Gasteiger partial charge in [0.05, 0.1) is 0 Å². The Balaban J connectivity index is 0. The molecule has 0 aromatic carbocycles. The van der Waals surface area contributed by atoms with E-state index in [2.05, 4.69) is 37.3 Å². The average Bonchev–Trinajstić information content (AvgIpc) is 2.39. The van der Waals surface area contributed by atoms with E-state index in [1.165, 1.54) is 25.7 Å². The molecular formula is C17H27NaO2. The van der Waals surface area contributed by atoms with E-state index in [1.54, 1.807) is 0 Å². The van der Waals surface area contributed by atoms with Crippen molar-refractivity contribution in [1.29, 1.82) is 0 Å². The minimum absolute atomic E-state index is 0. The first-order chi connectivity index (χ1) is 9.27. The molecule has 2 nitrogen and oxygen atoms in total. The van der Waals surface area contributed by atoms with Gasteiger partial charge in [0, 0.05) is 5.97 Å². The molecule has 0 aliphatic heterocycles. The molecule has 0 aromatic heterocycles. The number of hydrogen-bond acceptors (Lipinski definition) is 2. The predicted octanol–water partition coefficient (Wildman–Crippen LogP) is 0.940. The Morgan fingerprint density at radius 1 is 0.850 bits per heavy atom. The average molecular weight is 286 g/mol. The molecule has 0 aliphatic carbocycles. The zero-order chi connectivity index (χ0) is 14.2. The Morgan fingerprint density at radius 2 is 1.35 bits per heavy atom. The number of rotatable bonds is 12. The van der Waals surface area contributed by atoms with Crippen LogP contribution in [0.1, 0.15) is 64.7 Å². The molecule has 0 aromatic rings. The van der Waals surface area contributed by atoms with Gasteiger partial charge in [0.25, 0.3) is 0 Å². The smallest absolute Gasteiger partial charge is 0.550 e. The van der Waals surface area contributed by atoms with Crippen molar-refractivity contribution in [2.24, 2.45) is 0 Å². The van der Waals surface area contributed by atoms with E-state index in [4.69, 9.17) is 0 Å². The molecule has 0 saturated carbocycles. The van der Waals surface area contributed by atoms with Crippen LogP contribution in [-0.2, 0) is 4.79 Å². The number of carbonyl (C=O) groups is 1. The van der Waals surface area contributed by atoms with Crippen LogP contribution < -0.4 is 34.7 Å². The van der Waals surface area contributed by atoms with E-state index >= 15 is 0 Å². The summed E-state index contributed by atoms with van der Waals surface area (Å²) in [6.45, 7) is 2.22. The monoisotopic (exact) mass is 286 g/mol. The second kappa shape index (κ2) is 18.7. The molecule has 0 atom stereocenters. The minimum Gasteiger partial charge on any atom is -0.550 e. The molecule has 0 bridgehead atoms. The molecule has 0 aliphatic rings. The number of allylic oxidation sites excluding steroid dienone is 6. The van der Waals surface area contributed by atoms with Gasteiger partial charge in [0.15, 0.2) is 0 Å². The van der Waals surface area contributed by atoms with Crippen molar-refractivity contribution < 1.29 is 39.5 Å². The number of carbonyl (C=O) groups excluding carboxylic acids is 1. The van der Waals surface area contributed by atoms with Crippen molar-refractivity contribution in [3.63, 3.8) is 0 Å². The van der Waals surface area contributed by atoms with Crippen LogP contribution in [0.15, 0.2) is 36.5 Å². The third kappa shape index (κ3) is 20.0. The SMILES string of the molecule is CCCCC/C=C\C/C=C\C/C=C\CCCC(=O)[O-].[Na+]. The van der Waals surface area contributed by atoms with Crippen molar-refractivity contribution in [2.75, 3.05) is 0 Å². The van der Waals surface area contributed by atoms with Crippen molar-refractivity contribution >= 4 is 5.97 Å². The largest absolute Gasteiger partial charge is 1.00 e. The van der Waals surface area contributed by atoms with Crippen LogP contribution in [0.3, 0.4) is 0 Å². The summed E-state index contributed by atoms with van der Waals surface area (Å²) in [4.78, 5) is 10.2. The first-order valence-electron chi connectivity index (χ1n) is 7.42. The second-order valence-electron chi connectivity index (χ2n) is 4.65. The van der Waals surface area contributed by atoms with E-state index in [0.29, 0.717) is 6.42 Å². The Hall–Kier alpha value is -0.310. The van der Waals surface area contributed by atoms with E-state index in [-0.39, 0.29) is 36.0 Å². The molecule has 0 spiro atoms. The van der Waals surface area contributed by atoms with E-state index in [0.717, 1.165) is 19.3 Å². The van der Waals surface area contributed by atoms with E-state index in [1.807, 2.05) is 6.08 Å². The van der Waals surface area contributed by atoms with Crippen LogP contribution >= 0.6 is 0 Å². The van der Waals surface area contributed by atoms with Gasteiger partial charge in [-0.2, -0.15) is 0 Å². The van der Waals surface area contributed by atoms with Crippen molar-refractivity contribution in [1.82, 2.24) is 0 Å². The van der Waals surface area contributed by atoms with E-state index < -0.39 is 5.97 Å². The van der Waals surface area contributed by atoms with Crippen molar-refractivity contribution in [3.8, 4) is 0 Å². The second-order valence-corrected chi connectivity index (χ2v) is 4.65. The third-order valence-corrected chi connectivity index (χ3v) is 2.77. The van der Waals surface area contributed by atoms with Crippen LogP contribution in [0.2, 0.25) is 0 Å². The molecule has 0 saturated heterocycles. The summed E-state index contributed by atoms with van der Waals surface area (Å²) in [5.41, 5.74) is 0. The molecular weight excluding hydrogens is 259 g/mol. The van der Waals surface area contributed by atoms with Crippen LogP contribution in [0.4, 0.5) is 0 Å². The summed E-state index contributed by atoms with van der Waals surface area (Å²) in [6.07, 6.45) is 21.6. The summed E-state index contributed by atoms with van der Waals surface area (Å²) in [5, 5.41) is 10.2. The Kier molecular flexibility index (Phi) is 20.5. The molecule has 3 heteroatoms. The maximum atomic E-state index is 10.2. The summed E-state index contributed by atoms with van der Waals surface area (Å²) in [7, 11) is 0. The zero-order valence-electron chi connectivity index (χ0n) is 13.1. The van der Waals surface area contributed by atoms with Crippen LogP contribution in [0.25, 0.3) is 0 Å². The predicted molar refractivity (Wildman–Crippen MR) is 79.7 cm³/mol. The van der Waals surface area contributed by atoms with Gasteiger partial charge in [-0.05, 0) is 44.9 Å². The molecule has 0 fully saturated rings. The summed E-state index contributed by atoms with van der Waals surface area (Å²) >= 11 is 0. The van der Waals surface area contributed by atoms with Crippen LogP contribution in [0, 0.1) is 0 Å². The topological polar surface area (TPSA) is 40.1 Å². The third-order valence-electron chi connectivity index (χ3n) is 2.77. The molecule has 0 amide bonds. The van der Waals surface area contributed by atoms with Crippen molar-refractivity contribution in [2.45, 2.75) is 64.7 Å². The maximum absolute atomic E-state index is 10.2. The van der Waals surface area contributed by atoms with Gasteiger partial charge in [0.1, 0.15) is 0 Å². The minimum atomic E-state index is -0.959. The van der Waals surface area contributed by atoms with Gasteiger partial charge in [-0.25, -0.2) is 0 Å². The maximum Gasteiger partial charge on any atom is 1.00 e. The van der Waals surface area contributed by atoms with E-state index in [9.17, 15) is 9.90 Å². The quantitative estimate of drug-likeness (QED) is 0.304. The van der Waals surface area contributed by atoms with Gasteiger partial charge >= 0.3 is 29.6 Å². The van der Waals surface area contributed by atoms with Crippen molar-refractivity contribution in [3.05, 3.63) is 36.5 Å². The number of carboxylic acids is 1. The van der Waals surface area contributed by atoms with Gasteiger partial charge in [0.2, 0.25) is 0 Å². The summed E-state index contributed by atoms with van der Waals surface area (Å²) < 4.78 is 0. The first kappa shape index (κ1) is 22.0. The van der Waals surface area contributed by atoms with Crippen LogP contribution in [0.5, 0.6) is 0 Å². The van der Waals surface area contributed by atoms with Gasteiger partial charge in [-0.1, -0.05) is 56.2 Å². The molecule has 0 radical (unpaired) electrons. The Morgan fingerprint density at radius 3 is 1.85 bits per heavy atom. The first-order valence-corrected chi connectivity index (χ1v) is 7.42. The normalized spacial score (nSPS) is 11.4. The number of aliphatic carboxylic acids is 1. The van der Waals surface area contributed by atoms with Crippen LogP contribution in [-0.4, -0.2) is 5.97 Å².